The lowest BCUT2D eigenvalue weighted by molar-refractivity contribution is 0.157. The van der Waals surface area contributed by atoms with Gasteiger partial charge in [-0.25, -0.2) is 0 Å². The summed E-state index contributed by atoms with van der Waals surface area (Å²) in [5.74, 6) is 0. The summed E-state index contributed by atoms with van der Waals surface area (Å²) < 4.78 is 0. The van der Waals surface area contributed by atoms with E-state index in [1.165, 1.54) is 37.9 Å². The van der Waals surface area contributed by atoms with Gasteiger partial charge in [-0.2, -0.15) is 0 Å². The van der Waals surface area contributed by atoms with Crippen molar-refractivity contribution < 1.29 is 0 Å². The largest absolute Gasteiger partial charge is 0.330 e. The zero-order valence-corrected chi connectivity index (χ0v) is 11.0. The summed E-state index contributed by atoms with van der Waals surface area (Å²) in [6.45, 7) is 3.11. The van der Waals surface area contributed by atoms with E-state index in [4.69, 9.17) is 17.3 Å². The van der Waals surface area contributed by atoms with Gasteiger partial charge in [0.05, 0.1) is 0 Å². The van der Waals surface area contributed by atoms with Crippen LogP contribution in [0.25, 0.3) is 0 Å². The quantitative estimate of drug-likeness (QED) is 0.892. The van der Waals surface area contributed by atoms with Gasteiger partial charge in [0.15, 0.2) is 0 Å². The smallest absolute Gasteiger partial charge is 0.0409 e. The maximum absolute atomic E-state index is 6.08. The third kappa shape index (κ3) is 3.44. The monoisotopic (exact) mass is 252 g/mol. The highest BCUT2D eigenvalue weighted by atomic mass is 35.5. The summed E-state index contributed by atoms with van der Waals surface area (Å²) in [4.78, 5) is 2.56. The van der Waals surface area contributed by atoms with Crippen molar-refractivity contribution in [3.8, 4) is 0 Å². The van der Waals surface area contributed by atoms with Gasteiger partial charge in [-0.1, -0.05) is 30.2 Å². The first-order chi connectivity index (χ1) is 8.31. The van der Waals surface area contributed by atoms with Gasteiger partial charge < -0.3 is 5.73 Å². The molecule has 0 bridgehead atoms. The molecular weight excluding hydrogens is 232 g/mol. The molecule has 0 saturated carbocycles. The molecule has 1 aromatic carbocycles. The Morgan fingerprint density at radius 3 is 2.65 bits per heavy atom. The molecule has 0 aliphatic carbocycles. The third-order valence-electron chi connectivity index (χ3n) is 3.50. The van der Waals surface area contributed by atoms with Gasteiger partial charge >= 0.3 is 0 Å². The van der Waals surface area contributed by atoms with Crippen LogP contribution in [0, 0.1) is 0 Å². The Morgan fingerprint density at radius 2 is 2.00 bits per heavy atom. The van der Waals surface area contributed by atoms with Crippen LogP contribution in [0.3, 0.4) is 0 Å². The van der Waals surface area contributed by atoms with Crippen molar-refractivity contribution in [2.75, 3.05) is 19.6 Å². The van der Waals surface area contributed by atoms with E-state index >= 15 is 0 Å². The Bertz CT molecular complexity index is 348. The van der Waals surface area contributed by atoms with Crippen LogP contribution in [-0.4, -0.2) is 24.5 Å². The summed E-state index contributed by atoms with van der Waals surface area (Å²) in [6, 6.07) is 8.66. The average Bonchev–Trinajstić information content (AvgIpc) is 2.37. The molecule has 2 nitrogen and oxygen atoms in total. The van der Waals surface area contributed by atoms with Gasteiger partial charge in [0.25, 0.3) is 0 Å². The van der Waals surface area contributed by atoms with E-state index in [1.807, 2.05) is 12.1 Å². The van der Waals surface area contributed by atoms with Crippen LogP contribution in [-0.2, 0) is 0 Å². The van der Waals surface area contributed by atoms with E-state index in [0.29, 0.717) is 6.04 Å². The second-order valence-electron chi connectivity index (χ2n) is 4.74. The molecule has 0 spiro atoms. The van der Waals surface area contributed by atoms with Crippen LogP contribution in [0.1, 0.15) is 37.3 Å². The van der Waals surface area contributed by atoms with Crippen molar-refractivity contribution in [2.45, 2.75) is 31.7 Å². The second kappa shape index (κ2) is 6.39. The molecule has 3 heteroatoms. The summed E-state index contributed by atoms with van der Waals surface area (Å²) in [6.07, 6.45) is 4.99. The minimum absolute atomic E-state index is 0.444. The molecule has 1 fully saturated rings. The van der Waals surface area contributed by atoms with Crippen molar-refractivity contribution in [3.05, 3.63) is 34.9 Å². The van der Waals surface area contributed by atoms with Crippen molar-refractivity contribution in [2.24, 2.45) is 5.73 Å². The molecule has 94 valence electrons. The number of halogens is 1. The molecule has 1 heterocycles. The summed E-state index contributed by atoms with van der Waals surface area (Å²) in [5, 5.41) is 0.821. The number of likely N-dealkylation sites (tertiary alicyclic amines) is 1. The van der Waals surface area contributed by atoms with Crippen molar-refractivity contribution >= 4 is 11.6 Å². The molecule has 1 aromatic rings. The molecule has 17 heavy (non-hydrogen) atoms. The molecule has 1 atom stereocenters. The number of benzene rings is 1. The first kappa shape index (κ1) is 12.9. The lowest BCUT2D eigenvalue weighted by atomic mass is 9.99. The average molecular weight is 253 g/mol. The van der Waals surface area contributed by atoms with Gasteiger partial charge in [0.2, 0.25) is 0 Å². The minimum atomic E-state index is 0.444. The van der Waals surface area contributed by atoms with E-state index in [9.17, 15) is 0 Å². The zero-order chi connectivity index (χ0) is 12.1. The second-order valence-corrected chi connectivity index (χ2v) is 5.18. The molecule has 1 aliphatic heterocycles. The molecule has 0 aromatic heterocycles. The van der Waals surface area contributed by atoms with Gasteiger partial charge in [0.1, 0.15) is 0 Å². The molecule has 2 N–H and O–H groups in total. The van der Waals surface area contributed by atoms with Crippen LogP contribution in [0.15, 0.2) is 24.3 Å². The van der Waals surface area contributed by atoms with Gasteiger partial charge in [-0.3, -0.25) is 4.90 Å². The number of rotatable bonds is 4. The van der Waals surface area contributed by atoms with Gasteiger partial charge in [-0.15, -0.1) is 0 Å². The van der Waals surface area contributed by atoms with Crippen molar-refractivity contribution in [1.82, 2.24) is 4.90 Å². The van der Waals surface area contributed by atoms with E-state index in [-0.39, 0.29) is 0 Å². The number of piperidine rings is 1. The summed E-state index contributed by atoms with van der Waals surface area (Å²) in [5.41, 5.74) is 7.06. The first-order valence-corrected chi connectivity index (χ1v) is 6.88. The molecule has 1 unspecified atom stereocenters. The maximum Gasteiger partial charge on any atom is 0.0409 e. The summed E-state index contributed by atoms with van der Waals surface area (Å²) in [7, 11) is 0. The molecule has 2 rings (SSSR count). The van der Waals surface area contributed by atoms with Crippen molar-refractivity contribution in [1.29, 1.82) is 0 Å². The standard InChI is InChI=1S/C14H21ClN2/c15-13-6-4-5-12(11-13)14(7-8-16)17-9-2-1-3-10-17/h4-6,11,14H,1-3,7-10,16H2. The fourth-order valence-electron chi connectivity index (χ4n) is 2.66. The van der Waals surface area contributed by atoms with Crippen LogP contribution in [0.4, 0.5) is 0 Å². The predicted molar refractivity (Wildman–Crippen MR) is 73.3 cm³/mol. The predicted octanol–water partition coefficient (Wildman–Crippen LogP) is 3.22. The lowest BCUT2D eigenvalue weighted by Crippen LogP contribution is -2.34. The highest BCUT2D eigenvalue weighted by Crippen LogP contribution is 2.28. The molecule has 0 amide bonds. The van der Waals surface area contributed by atoms with Crippen LogP contribution in [0.5, 0.6) is 0 Å². The lowest BCUT2D eigenvalue weighted by Gasteiger charge is -2.34. The van der Waals surface area contributed by atoms with Crippen LogP contribution >= 0.6 is 11.6 Å². The molecular formula is C14H21ClN2. The Balaban J connectivity index is 2.15. The third-order valence-corrected chi connectivity index (χ3v) is 3.74. The zero-order valence-electron chi connectivity index (χ0n) is 10.2. The Morgan fingerprint density at radius 1 is 1.24 bits per heavy atom. The number of nitrogens with two attached hydrogens (primary N) is 1. The number of nitrogens with zero attached hydrogens (tertiary/aromatic N) is 1. The Kier molecular flexibility index (Phi) is 4.84. The molecule has 0 radical (unpaired) electrons. The Hall–Kier alpha value is -0.570. The normalized spacial score (nSPS) is 19.2. The van der Waals surface area contributed by atoms with E-state index in [2.05, 4.69) is 17.0 Å². The van der Waals surface area contributed by atoms with Crippen LogP contribution in [0.2, 0.25) is 5.02 Å². The minimum Gasteiger partial charge on any atom is -0.330 e. The fourth-order valence-corrected chi connectivity index (χ4v) is 2.86. The maximum atomic E-state index is 6.08. The van der Waals surface area contributed by atoms with E-state index in [0.717, 1.165) is 18.0 Å². The molecule has 1 saturated heterocycles. The van der Waals surface area contributed by atoms with Gasteiger partial charge in [0, 0.05) is 11.1 Å². The number of hydrogen-bond donors (Lipinski definition) is 1. The highest BCUT2D eigenvalue weighted by molar-refractivity contribution is 6.30. The topological polar surface area (TPSA) is 29.3 Å². The fraction of sp³-hybridized carbons (Fsp3) is 0.571. The van der Waals surface area contributed by atoms with Gasteiger partial charge in [-0.05, 0) is 56.6 Å². The SMILES string of the molecule is NCCC(c1cccc(Cl)c1)N1CCCCC1. The number of hydrogen-bond acceptors (Lipinski definition) is 2. The van der Waals surface area contributed by atoms with E-state index < -0.39 is 0 Å². The summed E-state index contributed by atoms with van der Waals surface area (Å²) >= 11 is 6.08. The highest BCUT2D eigenvalue weighted by Gasteiger charge is 2.21. The van der Waals surface area contributed by atoms with Crippen molar-refractivity contribution in [3.63, 3.8) is 0 Å². The van der Waals surface area contributed by atoms with E-state index in [1.54, 1.807) is 0 Å². The molecule has 1 aliphatic rings. The Labute approximate surface area is 109 Å². The first-order valence-electron chi connectivity index (χ1n) is 6.51. The van der Waals surface area contributed by atoms with Crippen LogP contribution < -0.4 is 5.73 Å².